The fourth-order valence-corrected chi connectivity index (χ4v) is 3.77. The first-order valence-electron chi connectivity index (χ1n) is 10.0. The summed E-state index contributed by atoms with van der Waals surface area (Å²) < 4.78 is 4.81. The van der Waals surface area contributed by atoms with Gasteiger partial charge in [-0.1, -0.05) is 41.6 Å². The highest BCUT2D eigenvalue weighted by Gasteiger charge is 2.16. The number of hydrogen-bond acceptors (Lipinski definition) is 6. The predicted octanol–water partition coefficient (Wildman–Crippen LogP) is 4.56. The molecule has 2 aromatic rings. The molecule has 2 aromatic carbocycles. The summed E-state index contributed by atoms with van der Waals surface area (Å²) in [4.78, 5) is 28.9. The molecule has 0 fully saturated rings. The van der Waals surface area contributed by atoms with Crippen molar-refractivity contribution in [2.45, 2.75) is 33.7 Å². The van der Waals surface area contributed by atoms with Crippen LogP contribution < -0.4 is 10.6 Å². The molecule has 0 aromatic heterocycles. The first-order valence-corrected chi connectivity index (χ1v) is 11.0. The predicted molar refractivity (Wildman–Crippen MR) is 127 cm³/mol. The lowest BCUT2D eigenvalue weighted by molar-refractivity contribution is -0.139. The number of ether oxygens (including phenoxy) is 1. The van der Waals surface area contributed by atoms with Crippen LogP contribution in [0.2, 0.25) is 0 Å². The fourth-order valence-electron chi connectivity index (χ4n) is 3.00. The van der Waals surface area contributed by atoms with Gasteiger partial charge in [-0.15, -0.1) is 0 Å². The van der Waals surface area contributed by atoms with Gasteiger partial charge in [0, 0.05) is 12.2 Å². The number of amides is 1. The minimum Gasteiger partial charge on any atom is -0.469 e. The first-order chi connectivity index (χ1) is 14.8. The smallest absolute Gasteiger partial charge is 0.311 e. The zero-order valence-electron chi connectivity index (χ0n) is 18.2. The van der Waals surface area contributed by atoms with E-state index in [0.717, 1.165) is 28.1 Å². The Balaban J connectivity index is 1.71. The summed E-state index contributed by atoms with van der Waals surface area (Å²) in [5, 5.41) is 6.90. The van der Waals surface area contributed by atoms with Gasteiger partial charge in [-0.3, -0.25) is 9.59 Å². The summed E-state index contributed by atoms with van der Waals surface area (Å²) in [5.74, 6) is -0.188. The van der Waals surface area contributed by atoms with Crippen molar-refractivity contribution in [3.63, 3.8) is 0 Å². The topological polar surface area (TPSA) is 79.8 Å². The second-order valence-electron chi connectivity index (χ2n) is 7.50. The molecule has 0 spiro atoms. The van der Waals surface area contributed by atoms with Gasteiger partial charge in [0.2, 0.25) is 5.91 Å². The number of hydrogen-bond donors (Lipinski definition) is 2. The van der Waals surface area contributed by atoms with Crippen LogP contribution in [0.5, 0.6) is 0 Å². The summed E-state index contributed by atoms with van der Waals surface area (Å²) in [5.41, 5.74) is 6.79. The number of carbonyl (C=O) groups is 2. The zero-order valence-corrected chi connectivity index (χ0v) is 19.1. The van der Waals surface area contributed by atoms with E-state index >= 15 is 0 Å². The largest absolute Gasteiger partial charge is 0.469 e. The molecule has 0 bridgehead atoms. The van der Waals surface area contributed by atoms with Gasteiger partial charge in [0.05, 0.1) is 35.7 Å². The lowest BCUT2D eigenvalue weighted by Gasteiger charge is -2.12. The maximum absolute atomic E-state index is 12.4. The number of nitrogens with one attached hydrogen (secondary N) is 2. The Bertz CT molecular complexity index is 1040. The second kappa shape index (κ2) is 10.3. The van der Waals surface area contributed by atoms with Crippen LogP contribution in [0.15, 0.2) is 53.2 Å². The van der Waals surface area contributed by atoms with Gasteiger partial charge < -0.3 is 15.4 Å². The van der Waals surface area contributed by atoms with Crippen LogP contribution in [0.25, 0.3) is 0 Å². The normalized spacial score (nSPS) is 12.6. The average molecular weight is 438 g/mol. The number of aryl methyl sites for hydroxylation is 3. The maximum atomic E-state index is 12.4. The van der Waals surface area contributed by atoms with E-state index in [9.17, 15) is 9.59 Å². The Morgan fingerprint density at radius 2 is 1.81 bits per heavy atom. The molecule has 1 aliphatic rings. The number of esters is 1. The monoisotopic (exact) mass is 437 g/mol. The van der Waals surface area contributed by atoms with Gasteiger partial charge in [0.1, 0.15) is 0 Å². The number of carbonyl (C=O) groups excluding carboxylic acids is 2. The minimum atomic E-state index is -0.341. The van der Waals surface area contributed by atoms with Crippen LogP contribution in [0.4, 0.5) is 11.4 Å². The molecule has 0 saturated carbocycles. The van der Waals surface area contributed by atoms with Gasteiger partial charge in [-0.25, -0.2) is 4.99 Å². The lowest BCUT2D eigenvalue weighted by Crippen LogP contribution is -2.25. The average Bonchev–Trinajstić information content (AvgIpc) is 2.90. The van der Waals surface area contributed by atoms with Crippen molar-refractivity contribution in [1.29, 1.82) is 0 Å². The molecule has 0 atom stereocenters. The molecule has 0 unspecified atom stereocenters. The van der Waals surface area contributed by atoms with E-state index in [-0.39, 0.29) is 24.1 Å². The molecule has 2 N–H and O–H groups in total. The van der Waals surface area contributed by atoms with Crippen molar-refractivity contribution in [3.05, 3.63) is 70.4 Å². The third kappa shape index (κ3) is 6.46. The van der Waals surface area contributed by atoms with Crippen molar-refractivity contribution in [1.82, 2.24) is 5.32 Å². The highest BCUT2D eigenvalue weighted by molar-refractivity contribution is 8.14. The summed E-state index contributed by atoms with van der Waals surface area (Å²) in [6, 6.07) is 12.1. The minimum absolute atomic E-state index is 0.0753. The summed E-state index contributed by atoms with van der Waals surface area (Å²) >= 11 is 1.34. The van der Waals surface area contributed by atoms with Gasteiger partial charge in [-0.05, 0) is 55.7 Å². The fraction of sp³-hybridized carbons (Fsp3) is 0.292. The summed E-state index contributed by atoms with van der Waals surface area (Å²) in [7, 11) is 1.36. The molecule has 1 aliphatic heterocycles. The van der Waals surface area contributed by atoms with Crippen LogP contribution in [0.3, 0.4) is 0 Å². The van der Waals surface area contributed by atoms with E-state index in [1.165, 1.54) is 24.4 Å². The Morgan fingerprint density at radius 3 is 2.52 bits per heavy atom. The molecule has 0 saturated heterocycles. The van der Waals surface area contributed by atoms with E-state index in [0.29, 0.717) is 17.3 Å². The standard InChI is InChI=1S/C24H27N3O3S/c1-15-5-7-18(8-6-15)13-25-22(28)14-31-23-11-19(12-24(29)30-4)26-20-9-16(2)17(3)10-21(20)27-23/h5-11,26H,12-14H2,1-4H3,(H,25,28). The highest BCUT2D eigenvalue weighted by atomic mass is 32.2. The number of methoxy groups -OCH3 is 1. The molecule has 3 rings (SSSR count). The van der Waals surface area contributed by atoms with Crippen molar-refractivity contribution < 1.29 is 14.3 Å². The van der Waals surface area contributed by atoms with E-state index in [1.54, 1.807) is 6.08 Å². The van der Waals surface area contributed by atoms with Crippen LogP contribution in [-0.2, 0) is 20.9 Å². The van der Waals surface area contributed by atoms with Crippen LogP contribution in [-0.4, -0.2) is 29.8 Å². The third-order valence-electron chi connectivity index (χ3n) is 4.96. The Morgan fingerprint density at radius 1 is 1.10 bits per heavy atom. The number of benzene rings is 2. The summed E-state index contributed by atoms with van der Waals surface area (Å²) in [6.07, 6.45) is 1.90. The van der Waals surface area contributed by atoms with Crippen LogP contribution in [0.1, 0.15) is 28.7 Å². The first kappa shape index (κ1) is 22.6. The number of anilines is 1. The molecule has 0 aliphatic carbocycles. The van der Waals surface area contributed by atoms with Gasteiger partial charge in [0.15, 0.2) is 0 Å². The Kier molecular flexibility index (Phi) is 7.52. The van der Waals surface area contributed by atoms with Gasteiger partial charge in [-0.2, -0.15) is 0 Å². The number of thioether (sulfide) groups is 1. The maximum Gasteiger partial charge on any atom is 0.311 e. The molecule has 1 heterocycles. The SMILES string of the molecule is COC(=O)CC1=CC(SCC(=O)NCc2ccc(C)cc2)=Nc2cc(C)c(C)cc2N1. The van der Waals surface area contributed by atoms with E-state index in [2.05, 4.69) is 10.6 Å². The van der Waals surface area contributed by atoms with Crippen molar-refractivity contribution in [3.8, 4) is 0 Å². The number of rotatable bonds is 6. The van der Waals surface area contributed by atoms with E-state index in [1.807, 2.05) is 57.2 Å². The molecular weight excluding hydrogens is 410 g/mol. The Labute approximate surface area is 187 Å². The molecule has 7 heteroatoms. The molecular formula is C24H27N3O3S. The molecule has 31 heavy (non-hydrogen) atoms. The molecule has 0 radical (unpaired) electrons. The quantitative estimate of drug-likeness (QED) is 0.648. The zero-order chi connectivity index (χ0) is 22.4. The molecule has 162 valence electrons. The third-order valence-corrected chi connectivity index (χ3v) is 5.87. The molecule has 6 nitrogen and oxygen atoms in total. The number of aliphatic imine (C=N–C) groups is 1. The van der Waals surface area contributed by atoms with Crippen LogP contribution in [0, 0.1) is 20.8 Å². The highest BCUT2D eigenvalue weighted by Crippen LogP contribution is 2.33. The van der Waals surface area contributed by atoms with Crippen molar-refractivity contribution in [2.75, 3.05) is 18.2 Å². The molecule has 1 amide bonds. The van der Waals surface area contributed by atoms with Crippen molar-refractivity contribution in [2.24, 2.45) is 4.99 Å². The van der Waals surface area contributed by atoms with Crippen molar-refractivity contribution >= 4 is 40.1 Å². The van der Waals surface area contributed by atoms with E-state index < -0.39 is 0 Å². The van der Waals surface area contributed by atoms with Gasteiger partial charge in [0.25, 0.3) is 0 Å². The Hall–Kier alpha value is -3.06. The number of fused-ring (bicyclic) bond motifs is 1. The van der Waals surface area contributed by atoms with Crippen LogP contribution >= 0.6 is 11.8 Å². The van der Waals surface area contributed by atoms with E-state index in [4.69, 9.17) is 9.73 Å². The summed E-state index contributed by atoms with van der Waals surface area (Å²) in [6.45, 7) is 6.58. The van der Waals surface area contributed by atoms with Gasteiger partial charge >= 0.3 is 5.97 Å². The lowest BCUT2D eigenvalue weighted by atomic mass is 10.1. The number of nitrogens with zero attached hydrogens (tertiary/aromatic N) is 1. The second-order valence-corrected chi connectivity index (χ2v) is 8.50.